The van der Waals surface area contributed by atoms with Gasteiger partial charge in [-0.2, -0.15) is 5.26 Å². The summed E-state index contributed by atoms with van der Waals surface area (Å²) in [5, 5.41) is 9.22. The number of aryl methyl sites for hydroxylation is 1. The number of hydrogen-bond acceptors (Lipinski definition) is 3. The van der Waals surface area contributed by atoms with Crippen molar-refractivity contribution in [3.8, 4) is 6.07 Å². The predicted octanol–water partition coefficient (Wildman–Crippen LogP) is 4.10. The van der Waals surface area contributed by atoms with E-state index in [1.165, 1.54) is 18.2 Å². The van der Waals surface area contributed by atoms with Crippen molar-refractivity contribution in [1.29, 1.82) is 5.26 Å². The smallest absolute Gasteiger partial charge is 0.216 e. The van der Waals surface area contributed by atoms with Crippen LogP contribution in [0.5, 0.6) is 0 Å². The summed E-state index contributed by atoms with van der Waals surface area (Å²) in [6, 6.07) is 15.4. The molecule has 0 N–H and O–H groups in total. The molecule has 0 aliphatic heterocycles. The lowest BCUT2D eigenvalue weighted by atomic mass is 10.2. The van der Waals surface area contributed by atoms with Crippen LogP contribution in [-0.4, -0.2) is 8.42 Å². The van der Waals surface area contributed by atoms with Gasteiger partial charge in [0.1, 0.15) is 11.0 Å². The second kappa shape index (κ2) is 6.25. The van der Waals surface area contributed by atoms with E-state index in [9.17, 15) is 13.7 Å². The van der Waals surface area contributed by atoms with Gasteiger partial charge in [0.25, 0.3) is 0 Å². The summed E-state index contributed by atoms with van der Waals surface area (Å²) in [5.74, 6) is 0. The molecule has 0 unspecified atom stereocenters. The molecule has 0 radical (unpaired) electrons. The Kier molecular flexibility index (Phi) is 4.61. The Balaban J connectivity index is 2.53. The lowest BCUT2D eigenvalue weighted by Crippen LogP contribution is -2.03. The highest BCUT2D eigenvalue weighted by atomic mass is 79.9. The number of benzene rings is 2. The third kappa shape index (κ3) is 3.41. The summed E-state index contributed by atoms with van der Waals surface area (Å²) in [6.07, 6.45) is 1.37. The summed E-state index contributed by atoms with van der Waals surface area (Å²) < 4.78 is 25.7. The highest BCUT2D eigenvalue weighted by Gasteiger charge is 2.20. The van der Waals surface area contributed by atoms with Crippen LogP contribution in [0.4, 0.5) is 0 Å². The number of rotatable bonds is 3. The Morgan fingerprint density at radius 3 is 2.33 bits per heavy atom. The van der Waals surface area contributed by atoms with Crippen molar-refractivity contribution >= 4 is 31.8 Å². The van der Waals surface area contributed by atoms with Crippen LogP contribution in [-0.2, 0) is 9.84 Å². The highest BCUT2D eigenvalue weighted by molar-refractivity contribution is 9.10. The molecule has 0 fully saturated rings. The van der Waals surface area contributed by atoms with Gasteiger partial charge in [0, 0.05) is 4.47 Å². The van der Waals surface area contributed by atoms with Crippen LogP contribution in [0.25, 0.3) is 6.08 Å². The minimum absolute atomic E-state index is 0.118. The van der Waals surface area contributed by atoms with Crippen LogP contribution in [0.3, 0.4) is 0 Å². The topological polar surface area (TPSA) is 57.9 Å². The Labute approximate surface area is 132 Å². The number of sulfone groups is 1. The molecule has 0 amide bonds. The zero-order valence-corrected chi connectivity index (χ0v) is 13.6. The summed E-state index contributed by atoms with van der Waals surface area (Å²) in [4.78, 5) is -0.161. The van der Waals surface area contributed by atoms with E-state index in [0.717, 1.165) is 10.0 Å². The molecule has 3 nitrogen and oxygen atoms in total. The molecule has 2 aromatic carbocycles. The van der Waals surface area contributed by atoms with Crippen LogP contribution in [0, 0.1) is 18.3 Å². The minimum atomic E-state index is -3.80. The molecule has 0 saturated heterocycles. The lowest BCUT2D eigenvalue weighted by molar-refractivity contribution is 0.603. The van der Waals surface area contributed by atoms with Crippen LogP contribution in [0.2, 0.25) is 0 Å². The van der Waals surface area contributed by atoms with E-state index >= 15 is 0 Å². The van der Waals surface area contributed by atoms with Gasteiger partial charge < -0.3 is 0 Å². The number of nitrogens with zero attached hydrogens (tertiary/aromatic N) is 1. The lowest BCUT2D eigenvalue weighted by Gasteiger charge is -2.04. The SMILES string of the molecule is Cc1ccc(S(=O)(=O)C(C#N)=Cc2ccccc2Br)cc1. The van der Waals surface area contributed by atoms with Gasteiger partial charge in [-0.25, -0.2) is 8.42 Å². The number of hydrogen-bond donors (Lipinski definition) is 0. The number of halogens is 1. The predicted molar refractivity (Wildman–Crippen MR) is 86.1 cm³/mol. The fourth-order valence-electron chi connectivity index (χ4n) is 1.75. The second-order valence-electron chi connectivity index (χ2n) is 4.46. The van der Waals surface area contributed by atoms with Gasteiger partial charge in [-0.15, -0.1) is 0 Å². The van der Waals surface area contributed by atoms with E-state index in [0.29, 0.717) is 5.56 Å². The first-order chi connectivity index (χ1) is 9.95. The maximum atomic E-state index is 12.5. The molecule has 0 aromatic heterocycles. The van der Waals surface area contributed by atoms with Gasteiger partial charge in [-0.1, -0.05) is 51.8 Å². The van der Waals surface area contributed by atoms with Crippen LogP contribution in [0.1, 0.15) is 11.1 Å². The molecule has 0 spiro atoms. The molecular weight excluding hydrogens is 350 g/mol. The first-order valence-electron chi connectivity index (χ1n) is 6.13. The summed E-state index contributed by atoms with van der Waals surface area (Å²) in [7, 11) is -3.80. The monoisotopic (exact) mass is 361 g/mol. The minimum Gasteiger partial charge on any atom is -0.218 e. The Morgan fingerprint density at radius 2 is 1.76 bits per heavy atom. The maximum absolute atomic E-state index is 12.5. The molecule has 2 aromatic rings. The Bertz CT molecular complexity index is 831. The zero-order valence-electron chi connectivity index (χ0n) is 11.2. The maximum Gasteiger partial charge on any atom is 0.216 e. The average molecular weight is 362 g/mol. The molecule has 0 bridgehead atoms. The van der Waals surface area contributed by atoms with E-state index in [1.807, 2.05) is 13.0 Å². The molecular formula is C16H12BrNO2S. The van der Waals surface area contributed by atoms with Crippen molar-refractivity contribution in [3.05, 3.63) is 69.0 Å². The van der Waals surface area contributed by atoms with E-state index in [4.69, 9.17) is 0 Å². The molecule has 0 aliphatic rings. The first kappa shape index (κ1) is 15.5. The van der Waals surface area contributed by atoms with Crippen molar-refractivity contribution in [1.82, 2.24) is 0 Å². The molecule has 5 heteroatoms. The fraction of sp³-hybridized carbons (Fsp3) is 0.0625. The Morgan fingerprint density at radius 1 is 1.14 bits per heavy atom. The number of nitriles is 1. The standard InChI is InChI=1S/C16H12BrNO2S/c1-12-6-8-14(9-7-12)21(19,20)15(11-18)10-13-4-2-3-5-16(13)17/h2-10H,1H3. The van der Waals surface area contributed by atoms with Gasteiger partial charge in [0.15, 0.2) is 0 Å². The molecule has 0 saturated carbocycles. The second-order valence-corrected chi connectivity index (χ2v) is 7.23. The quantitative estimate of drug-likeness (QED) is 0.773. The van der Waals surface area contributed by atoms with Crippen molar-refractivity contribution in [2.75, 3.05) is 0 Å². The third-order valence-electron chi connectivity index (χ3n) is 2.92. The molecule has 106 valence electrons. The summed E-state index contributed by atoms with van der Waals surface area (Å²) in [5.41, 5.74) is 1.60. The fourth-order valence-corrected chi connectivity index (χ4v) is 3.30. The van der Waals surface area contributed by atoms with Crippen molar-refractivity contribution in [2.24, 2.45) is 0 Å². The van der Waals surface area contributed by atoms with E-state index in [-0.39, 0.29) is 9.80 Å². The van der Waals surface area contributed by atoms with Crippen LogP contribution in [0.15, 0.2) is 62.8 Å². The van der Waals surface area contributed by atoms with E-state index in [2.05, 4.69) is 15.9 Å². The molecule has 2 rings (SSSR count). The largest absolute Gasteiger partial charge is 0.218 e. The average Bonchev–Trinajstić information content (AvgIpc) is 2.46. The van der Waals surface area contributed by atoms with Crippen LogP contribution < -0.4 is 0 Å². The molecule has 0 aliphatic carbocycles. The Hall–Kier alpha value is -1.90. The summed E-state index contributed by atoms with van der Waals surface area (Å²) in [6.45, 7) is 1.87. The van der Waals surface area contributed by atoms with Gasteiger partial charge in [-0.3, -0.25) is 0 Å². The normalized spacial score (nSPS) is 12.0. The number of allylic oxidation sites excluding steroid dienone is 1. The summed E-state index contributed by atoms with van der Waals surface area (Å²) >= 11 is 3.34. The highest BCUT2D eigenvalue weighted by Crippen LogP contribution is 2.24. The van der Waals surface area contributed by atoms with Gasteiger partial charge in [0.05, 0.1) is 4.90 Å². The third-order valence-corrected chi connectivity index (χ3v) is 5.33. The van der Waals surface area contributed by atoms with Crippen molar-refractivity contribution in [2.45, 2.75) is 11.8 Å². The van der Waals surface area contributed by atoms with Gasteiger partial charge in [-0.05, 0) is 36.8 Å². The molecule has 21 heavy (non-hydrogen) atoms. The zero-order chi connectivity index (χ0) is 15.5. The first-order valence-corrected chi connectivity index (χ1v) is 8.41. The van der Waals surface area contributed by atoms with Crippen molar-refractivity contribution < 1.29 is 8.42 Å². The van der Waals surface area contributed by atoms with Gasteiger partial charge >= 0.3 is 0 Å². The van der Waals surface area contributed by atoms with Gasteiger partial charge in [0.2, 0.25) is 9.84 Å². The van der Waals surface area contributed by atoms with Crippen molar-refractivity contribution in [3.63, 3.8) is 0 Å². The van der Waals surface area contributed by atoms with E-state index < -0.39 is 9.84 Å². The molecule has 0 atom stereocenters. The van der Waals surface area contributed by atoms with Crippen LogP contribution >= 0.6 is 15.9 Å². The van der Waals surface area contributed by atoms with E-state index in [1.54, 1.807) is 36.4 Å². The molecule has 0 heterocycles.